The minimum absolute atomic E-state index is 0.200. The summed E-state index contributed by atoms with van der Waals surface area (Å²) in [6.45, 7) is 0. The second-order valence-electron chi connectivity index (χ2n) is 12.3. The molecule has 5 aromatic carbocycles. The molecule has 2 heterocycles. The molecule has 2 saturated heterocycles. The number of para-hydroxylation sites is 2. The van der Waals surface area contributed by atoms with Crippen molar-refractivity contribution in [3.8, 4) is 0 Å². The molecule has 0 radical (unpaired) electrons. The Balaban J connectivity index is 1.54. The molecular weight excluding hydrogens is 598 g/mol. The molecule has 2 fully saturated rings. The Bertz CT molecular complexity index is 1720. The number of rotatable bonds is 8. The predicted molar refractivity (Wildman–Crippen MR) is 187 cm³/mol. The van der Waals surface area contributed by atoms with Crippen LogP contribution < -0.4 is 15.1 Å². The van der Waals surface area contributed by atoms with Crippen molar-refractivity contribution in [1.29, 1.82) is 0 Å². The van der Waals surface area contributed by atoms with E-state index in [1.807, 2.05) is 78.9 Å². The van der Waals surface area contributed by atoms with Crippen molar-refractivity contribution in [2.45, 2.75) is 30.3 Å². The first kappa shape index (κ1) is 31.2. The van der Waals surface area contributed by atoms with E-state index in [-0.39, 0.29) is 18.1 Å². The van der Waals surface area contributed by atoms with E-state index in [2.05, 4.69) is 87.9 Å². The summed E-state index contributed by atoms with van der Waals surface area (Å²) >= 11 is 0. The molecule has 48 heavy (non-hydrogen) atoms. The van der Waals surface area contributed by atoms with Crippen LogP contribution in [0, 0.1) is 11.8 Å². The Morgan fingerprint density at radius 1 is 0.521 bits per heavy atom. The van der Waals surface area contributed by atoms with E-state index in [4.69, 9.17) is 9.47 Å². The van der Waals surface area contributed by atoms with E-state index in [0.717, 1.165) is 28.1 Å². The van der Waals surface area contributed by atoms with Gasteiger partial charge in [0.25, 0.3) is 0 Å². The topological polar surface area (TPSA) is 71.1 Å². The maximum absolute atomic E-state index is 14.2. The summed E-state index contributed by atoms with van der Waals surface area (Å²) in [6, 6.07) is 49.7. The lowest BCUT2D eigenvalue weighted by Gasteiger charge is -2.41. The van der Waals surface area contributed by atoms with Gasteiger partial charge in [-0.3, -0.25) is 14.9 Å². The summed E-state index contributed by atoms with van der Waals surface area (Å²) in [5.41, 5.74) is 5.10. The van der Waals surface area contributed by atoms with E-state index >= 15 is 0 Å². The van der Waals surface area contributed by atoms with Crippen LogP contribution in [0.2, 0.25) is 0 Å². The molecule has 2 aliphatic rings. The number of methoxy groups -OCH3 is 2. The number of carbonyl (C=O) groups is 2. The van der Waals surface area contributed by atoms with Gasteiger partial charge in [0.1, 0.15) is 12.2 Å². The fourth-order valence-corrected chi connectivity index (χ4v) is 7.89. The van der Waals surface area contributed by atoms with Crippen molar-refractivity contribution in [3.05, 3.63) is 168 Å². The van der Waals surface area contributed by atoms with Gasteiger partial charge in [0, 0.05) is 23.3 Å². The Morgan fingerprint density at radius 3 is 1.29 bits per heavy atom. The maximum Gasteiger partial charge on any atom is 0.323 e. The van der Waals surface area contributed by atoms with E-state index in [0.29, 0.717) is 0 Å². The number of hydrogen-bond donors (Lipinski definition) is 1. The van der Waals surface area contributed by atoms with Crippen molar-refractivity contribution in [3.63, 3.8) is 0 Å². The predicted octanol–water partition coefficient (Wildman–Crippen LogP) is 7.11. The molecule has 7 heteroatoms. The van der Waals surface area contributed by atoms with Gasteiger partial charge < -0.3 is 19.3 Å². The average molecular weight is 638 g/mol. The number of esters is 2. The van der Waals surface area contributed by atoms with Crippen LogP contribution in [0.15, 0.2) is 152 Å². The second kappa shape index (κ2) is 13.8. The molecule has 7 rings (SSSR count). The molecule has 0 aliphatic carbocycles. The monoisotopic (exact) mass is 637 g/mol. The fourth-order valence-electron chi connectivity index (χ4n) is 7.89. The van der Waals surface area contributed by atoms with Crippen LogP contribution in [-0.4, -0.2) is 38.4 Å². The molecule has 242 valence electrons. The number of benzene rings is 5. The zero-order chi connectivity index (χ0) is 33.0. The largest absolute Gasteiger partial charge is 0.469 e. The summed E-state index contributed by atoms with van der Waals surface area (Å²) in [6.07, 6.45) is -0.500. The van der Waals surface area contributed by atoms with Crippen molar-refractivity contribution in [2.75, 3.05) is 24.0 Å². The first-order chi connectivity index (χ1) is 23.6. The summed E-state index contributed by atoms with van der Waals surface area (Å²) in [7, 11) is 2.83. The van der Waals surface area contributed by atoms with Crippen LogP contribution >= 0.6 is 0 Å². The normalized spacial score (nSPS) is 24.0. The van der Waals surface area contributed by atoms with Crippen molar-refractivity contribution in [2.24, 2.45) is 11.8 Å². The molecule has 0 aromatic heterocycles. The van der Waals surface area contributed by atoms with E-state index in [1.54, 1.807) is 0 Å². The summed E-state index contributed by atoms with van der Waals surface area (Å²) < 4.78 is 11.1. The quantitative estimate of drug-likeness (QED) is 0.182. The highest BCUT2D eigenvalue weighted by atomic mass is 16.5. The molecule has 5 aromatic rings. The number of anilines is 2. The zero-order valence-corrected chi connectivity index (χ0v) is 27.0. The molecule has 0 spiro atoms. The molecule has 0 bridgehead atoms. The van der Waals surface area contributed by atoms with Crippen LogP contribution in [0.1, 0.15) is 34.8 Å². The number of ether oxygens (including phenoxy) is 2. The second-order valence-corrected chi connectivity index (χ2v) is 12.3. The van der Waals surface area contributed by atoms with E-state index < -0.39 is 36.1 Å². The van der Waals surface area contributed by atoms with Crippen LogP contribution in [0.3, 0.4) is 0 Å². The van der Waals surface area contributed by atoms with Crippen LogP contribution in [0.5, 0.6) is 0 Å². The van der Waals surface area contributed by atoms with Gasteiger partial charge in [-0.25, -0.2) is 0 Å². The van der Waals surface area contributed by atoms with Gasteiger partial charge in [0.05, 0.1) is 32.2 Å². The summed E-state index contributed by atoms with van der Waals surface area (Å²) in [5.74, 6) is -2.13. The number of hydrogen-bond acceptors (Lipinski definition) is 7. The smallest absolute Gasteiger partial charge is 0.323 e. The summed E-state index contributed by atoms with van der Waals surface area (Å²) in [5, 5.41) is 3.57. The third-order valence-corrected chi connectivity index (χ3v) is 9.81. The molecule has 0 saturated carbocycles. The lowest BCUT2D eigenvalue weighted by Crippen LogP contribution is -2.54. The fraction of sp³-hybridized carbons (Fsp3) is 0.220. The Morgan fingerprint density at radius 2 is 0.896 bits per heavy atom. The molecule has 6 atom stereocenters. The molecular formula is C41H39N3O4. The highest BCUT2D eigenvalue weighted by Crippen LogP contribution is 2.56. The molecule has 0 amide bonds. The van der Waals surface area contributed by atoms with Crippen molar-refractivity contribution >= 4 is 23.3 Å². The zero-order valence-electron chi connectivity index (χ0n) is 27.0. The average Bonchev–Trinajstić information content (AvgIpc) is 3.73. The first-order valence-corrected chi connectivity index (χ1v) is 16.4. The van der Waals surface area contributed by atoms with Gasteiger partial charge in [-0.2, -0.15) is 0 Å². The number of carbonyl (C=O) groups excluding carboxylic acids is 2. The number of nitrogens with zero attached hydrogens (tertiary/aromatic N) is 2. The molecule has 7 nitrogen and oxygen atoms in total. The van der Waals surface area contributed by atoms with E-state index in [9.17, 15) is 9.59 Å². The van der Waals surface area contributed by atoms with Crippen LogP contribution in [0.25, 0.3) is 0 Å². The minimum Gasteiger partial charge on any atom is -0.469 e. The minimum atomic E-state index is -0.822. The van der Waals surface area contributed by atoms with Gasteiger partial charge in [-0.05, 0) is 41.0 Å². The van der Waals surface area contributed by atoms with Crippen molar-refractivity contribution < 1.29 is 19.1 Å². The van der Waals surface area contributed by atoms with Gasteiger partial charge in [0.2, 0.25) is 0 Å². The van der Waals surface area contributed by atoms with Crippen LogP contribution in [-0.2, 0) is 19.1 Å². The third-order valence-electron chi connectivity index (χ3n) is 9.81. The Hall–Kier alpha value is -5.40. The highest BCUT2D eigenvalue weighted by Gasteiger charge is 2.61. The number of nitrogens with one attached hydrogen (secondary N) is 1. The van der Waals surface area contributed by atoms with Gasteiger partial charge in [0.15, 0.2) is 0 Å². The lowest BCUT2D eigenvalue weighted by molar-refractivity contribution is -0.148. The molecule has 0 unspecified atom stereocenters. The van der Waals surface area contributed by atoms with Gasteiger partial charge in [-0.15, -0.1) is 0 Å². The van der Waals surface area contributed by atoms with Crippen LogP contribution in [0.4, 0.5) is 11.4 Å². The Labute approximate surface area is 281 Å². The third kappa shape index (κ3) is 5.60. The van der Waals surface area contributed by atoms with Crippen molar-refractivity contribution in [1.82, 2.24) is 5.32 Å². The summed E-state index contributed by atoms with van der Waals surface area (Å²) in [4.78, 5) is 32.9. The van der Waals surface area contributed by atoms with E-state index in [1.165, 1.54) is 14.2 Å². The molecule has 1 N–H and O–H groups in total. The SMILES string of the molecule is COC(=O)[C@@H]1[C@@H](C2N(c3ccccc3)[C@H](c3ccccc3)[C@@H](c3ccccc3)N2c2ccccc2)[C@H](C(=O)OC)N[C@@H]1c1ccccc1. The Kier molecular flexibility index (Phi) is 8.95. The maximum atomic E-state index is 14.2. The van der Waals surface area contributed by atoms with Gasteiger partial charge in [-0.1, -0.05) is 127 Å². The molecule has 2 aliphatic heterocycles. The first-order valence-electron chi connectivity index (χ1n) is 16.4. The standard InChI is InChI=1S/C41H39N3O4/c1-47-40(45)34-33(36(41(46)48-2)42-35(34)28-18-8-3-9-19-28)39-43(31-24-14-6-15-25-31)37(29-20-10-4-11-21-29)38(30-22-12-5-13-23-30)44(39)32-26-16-7-17-27-32/h3-27,33-39,42H,1-2H3/t33-,34-,35-,36-,37-,38-/m1/s1. The van der Waals surface area contributed by atoms with Gasteiger partial charge >= 0.3 is 11.9 Å². The highest BCUT2D eigenvalue weighted by molar-refractivity contribution is 5.83. The lowest BCUT2D eigenvalue weighted by atomic mass is 9.81.